The molecule has 5 nitrogen and oxygen atoms in total. The lowest BCUT2D eigenvalue weighted by molar-refractivity contribution is -0.129. The average Bonchev–Trinajstić information content (AvgIpc) is 2.40. The van der Waals surface area contributed by atoms with Crippen molar-refractivity contribution in [3.8, 4) is 0 Å². The highest BCUT2D eigenvalue weighted by atomic mass is 16.4. The van der Waals surface area contributed by atoms with Gasteiger partial charge in [0.2, 0.25) is 0 Å². The van der Waals surface area contributed by atoms with E-state index in [1.165, 1.54) is 12.3 Å². The predicted molar refractivity (Wildman–Crippen MR) is 36.1 cm³/mol. The zero-order valence-corrected chi connectivity index (χ0v) is 5.35. The molecule has 0 aromatic rings. The molecule has 54 valence electrons. The van der Waals surface area contributed by atoms with E-state index < -0.39 is 5.97 Å². The zero-order valence-electron chi connectivity index (χ0n) is 5.35. The summed E-state index contributed by atoms with van der Waals surface area (Å²) in [6.45, 7) is 0. The fourth-order valence-electron chi connectivity index (χ4n) is 0.853. The van der Waals surface area contributed by atoms with Crippen LogP contribution in [0.25, 0.3) is 0 Å². The van der Waals surface area contributed by atoms with E-state index in [0.717, 1.165) is 0 Å². The van der Waals surface area contributed by atoms with Gasteiger partial charge in [0.05, 0.1) is 6.20 Å². The standard InChI is InChI=1S/C6H3N3O2/c10-6(11)4-1-3-5(8-4)2-7-9-3/h1-2H,(H,10,11). The van der Waals surface area contributed by atoms with Crippen LogP contribution in [0, 0.1) is 0 Å². The zero-order chi connectivity index (χ0) is 7.84. The van der Waals surface area contributed by atoms with E-state index >= 15 is 0 Å². The van der Waals surface area contributed by atoms with Gasteiger partial charge in [0.1, 0.15) is 11.4 Å². The second-order valence-corrected chi connectivity index (χ2v) is 2.06. The molecule has 2 heterocycles. The fourth-order valence-corrected chi connectivity index (χ4v) is 0.853. The van der Waals surface area contributed by atoms with Crippen LogP contribution in [0.2, 0.25) is 0 Å². The number of aliphatic carboxylic acids is 1. The molecular weight excluding hydrogens is 146 g/mol. The molecule has 0 unspecified atom stereocenters. The van der Waals surface area contributed by atoms with Crippen LogP contribution in [0.15, 0.2) is 38.9 Å². The number of aliphatic imine (C=N–C) groups is 1. The predicted octanol–water partition coefficient (Wildman–Crippen LogP) is 0.717. The van der Waals surface area contributed by atoms with E-state index in [1.807, 2.05) is 0 Å². The van der Waals surface area contributed by atoms with Gasteiger partial charge >= 0.3 is 5.97 Å². The molecule has 0 aromatic heterocycles. The molecule has 0 saturated carbocycles. The quantitative estimate of drug-likeness (QED) is 0.596. The Morgan fingerprint density at radius 3 is 2.91 bits per heavy atom. The first-order valence-corrected chi connectivity index (χ1v) is 2.92. The summed E-state index contributed by atoms with van der Waals surface area (Å²) in [5.41, 5.74) is 1.08. The molecule has 2 rings (SSSR count). The maximum atomic E-state index is 10.4. The highest BCUT2D eigenvalue weighted by molar-refractivity contribution is 6.41. The molecule has 1 N–H and O–H groups in total. The van der Waals surface area contributed by atoms with Crippen LogP contribution in [0.1, 0.15) is 0 Å². The normalized spacial score (nSPS) is 19.1. The molecule has 11 heavy (non-hydrogen) atoms. The van der Waals surface area contributed by atoms with E-state index in [1.54, 1.807) is 0 Å². The summed E-state index contributed by atoms with van der Waals surface area (Å²) in [6.07, 6.45) is 2.83. The first-order chi connectivity index (χ1) is 5.27. The van der Waals surface area contributed by atoms with Gasteiger partial charge in [-0.25, -0.2) is 9.79 Å². The Morgan fingerprint density at radius 2 is 2.27 bits per heavy atom. The van der Waals surface area contributed by atoms with Crippen molar-refractivity contribution in [3.63, 3.8) is 0 Å². The average molecular weight is 149 g/mol. The van der Waals surface area contributed by atoms with Gasteiger partial charge in [-0.3, -0.25) is 0 Å². The van der Waals surface area contributed by atoms with Crippen LogP contribution in [-0.4, -0.2) is 16.8 Å². The number of nitrogens with zero attached hydrogens (tertiary/aromatic N) is 3. The second kappa shape index (κ2) is 1.85. The fraction of sp³-hybridized carbons (Fsp3) is 0. The van der Waals surface area contributed by atoms with Crippen molar-refractivity contribution in [2.75, 3.05) is 0 Å². The Labute approximate surface area is 61.5 Å². The molecule has 2 aliphatic heterocycles. The topological polar surface area (TPSA) is 74.4 Å². The second-order valence-electron chi connectivity index (χ2n) is 2.06. The van der Waals surface area contributed by atoms with Crippen LogP contribution >= 0.6 is 0 Å². The molecule has 0 spiro atoms. The first-order valence-electron chi connectivity index (χ1n) is 2.92. The minimum absolute atomic E-state index is 0.0184. The number of hydrogen-bond acceptors (Lipinski definition) is 4. The van der Waals surface area contributed by atoms with Crippen LogP contribution in [0.5, 0.6) is 0 Å². The molecule has 0 aromatic carbocycles. The summed E-state index contributed by atoms with van der Waals surface area (Å²) in [5, 5.41) is 15.7. The lowest BCUT2D eigenvalue weighted by Gasteiger charge is -1.83. The molecule has 0 radical (unpaired) electrons. The monoisotopic (exact) mass is 149 g/mol. The molecule has 0 amide bonds. The summed E-state index contributed by atoms with van der Waals surface area (Å²) < 4.78 is 0. The van der Waals surface area contributed by atoms with E-state index in [4.69, 9.17) is 5.11 Å². The third-order valence-electron chi connectivity index (χ3n) is 1.34. The Bertz CT molecular complexity index is 349. The molecule has 0 bridgehead atoms. The number of rotatable bonds is 1. The van der Waals surface area contributed by atoms with Crippen LogP contribution in [0.4, 0.5) is 0 Å². The lowest BCUT2D eigenvalue weighted by Crippen LogP contribution is -2.07. The number of carbonyl (C=O) groups is 1. The molecule has 0 fully saturated rings. The third-order valence-corrected chi connectivity index (χ3v) is 1.34. The van der Waals surface area contributed by atoms with Crippen molar-refractivity contribution < 1.29 is 9.90 Å². The molecule has 0 atom stereocenters. The highest BCUT2D eigenvalue weighted by Gasteiger charge is 2.20. The van der Waals surface area contributed by atoms with Crippen molar-refractivity contribution in [3.05, 3.63) is 23.7 Å². The molecule has 0 saturated heterocycles. The van der Waals surface area contributed by atoms with Gasteiger partial charge in [-0.2, -0.15) is 5.11 Å². The SMILES string of the molecule is O=C(O)C1=NC2=CN=NC2=C1. The van der Waals surface area contributed by atoms with Gasteiger partial charge in [0.15, 0.2) is 5.71 Å². The van der Waals surface area contributed by atoms with Gasteiger partial charge in [-0.15, -0.1) is 5.11 Å². The van der Waals surface area contributed by atoms with Gasteiger partial charge in [-0.05, 0) is 0 Å². The Morgan fingerprint density at radius 1 is 1.45 bits per heavy atom. The van der Waals surface area contributed by atoms with E-state index in [-0.39, 0.29) is 5.71 Å². The Balaban J connectivity index is 2.41. The number of azo groups is 1. The lowest BCUT2D eigenvalue weighted by atomic mass is 10.3. The minimum atomic E-state index is -1.04. The highest BCUT2D eigenvalue weighted by Crippen LogP contribution is 2.24. The van der Waals surface area contributed by atoms with Crippen LogP contribution < -0.4 is 0 Å². The number of fused-ring (bicyclic) bond motifs is 1. The van der Waals surface area contributed by atoms with Crippen LogP contribution in [-0.2, 0) is 4.79 Å². The Kier molecular flexibility index (Phi) is 1.00. The summed E-state index contributed by atoms with van der Waals surface area (Å²) >= 11 is 0. The summed E-state index contributed by atoms with van der Waals surface area (Å²) in [5.74, 6) is -1.04. The van der Waals surface area contributed by atoms with Crippen molar-refractivity contribution in [2.45, 2.75) is 0 Å². The maximum Gasteiger partial charge on any atom is 0.354 e. The van der Waals surface area contributed by atoms with Crippen molar-refractivity contribution in [2.24, 2.45) is 15.2 Å². The maximum absolute atomic E-state index is 10.4. The minimum Gasteiger partial charge on any atom is -0.477 e. The van der Waals surface area contributed by atoms with Crippen LogP contribution in [0.3, 0.4) is 0 Å². The van der Waals surface area contributed by atoms with Gasteiger partial charge in [0.25, 0.3) is 0 Å². The molecule has 5 heteroatoms. The number of carboxylic acid groups (broad SMARTS) is 1. The third kappa shape index (κ3) is 0.778. The van der Waals surface area contributed by atoms with Crippen molar-refractivity contribution in [1.29, 1.82) is 0 Å². The van der Waals surface area contributed by atoms with E-state index in [9.17, 15) is 4.79 Å². The number of hydrogen-bond donors (Lipinski definition) is 1. The van der Waals surface area contributed by atoms with E-state index in [2.05, 4.69) is 15.2 Å². The Hall–Kier alpha value is -1.78. The van der Waals surface area contributed by atoms with E-state index in [0.29, 0.717) is 11.4 Å². The largest absolute Gasteiger partial charge is 0.477 e. The smallest absolute Gasteiger partial charge is 0.354 e. The van der Waals surface area contributed by atoms with Crippen molar-refractivity contribution >= 4 is 11.7 Å². The van der Waals surface area contributed by atoms with Gasteiger partial charge in [0, 0.05) is 6.08 Å². The molecular formula is C6H3N3O2. The molecule has 2 aliphatic rings. The van der Waals surface area contributed by atoms with Gasteiger partial charge in [-0.1, -0.05) is 0 Å². The number of carboxylic acids is 1. The van der Waals surface area contributed by atoms with Crippen molar-refractivity contribution in [1.82, 2.24) is 0 Å². The molecule has 0 aliphatic carbocycles. The summed E-state index contributed by atoms with van der Waals surface area (Å²) in [6, 6.07) is 0. The summed E-state index contributed by atoms with van der Waals surface area (Å²) in [4.78, 5) is 14.1. The first kappa shape index (κ1) is 5.96. The summed E-state index contributed by atoms with van der Waals surface area (Å²) in [7, 11) is 0. The van der Waals surface area contributed by atoms with Gasteiger partial charge < -0.3 is 5.11 Å².